The van der Waals surface area contributed by atoms with Crippen LogP contribution in [0.15, 0.2) is 0 Å². The molecule has 1 unspecified atom stereocenters. The largest absolute Gasteiger partial charge is 0.297 e. The first-order valence-corrected chi connectivity index (χ1v) is 6.21. The van der Waals surface area contributed by atoms with Gasteiger partial charge in [0.25, 0.3) is 0 Å². The average molecular weight is 213 g/mol. The van der Waals surface area contributed by atoms with Gasteiger partial charge in [-0.1, -0.05) is 20.3 Å². The van der Waals surface area contributed by atoms with E-state index in [0.717, 1.165) is 0 Å². The summed E-state index contributed by atoms with van der Waals surface area (Å²) in [7, 11) is 0. The van der Waals surface area contributed by atoms with E-state index in [2.05, 4.69) is 38.0 Å². The summed E-state index contributed by atoms with van der Waals surface area (Å²) < 4.78 is 0. The fraction of sp³-hybridized carbons (Fsp3) is 1.00. The van der Waals surface area contributed by atoms with Crippen molar-refractivity contribution in [2.45, 2.75) is 58.5 Å². The van der Waals surface area contributed by atoms with Gasteiger partial charge in [-0.2, -0.15) is 0 Å². The molecule has 0 amide bonds. The van der Waals surface area contributed by atoms with Gasteiger partial charge in [0.15, 0.2) is 0 Å². The van der Waals surface area contributed by atoms with E-state index >= 15 is 0 Å². The quantitative estimate of drug-likeness (QED) is 0.552. The fourth-order valence-corrected chi connectivity index (χ4v) is 2.88. The standard InChI is InChI=1S/C12H27N3/c1-10(2)11(14-13)12(3,4)15-8-6-5-7-9-15/h10-11,14H,5-9,13H2,1-4H3. The second-order valence-electron chi connectivity index (χ2n) is 5.59. The molecule has 0 spiro atoms. The summed E-state index contributed by atoms with van der Waals surface area (Å²) >= 11 is 0. The Bertz CT molecular complexity index is 183. The number of nitrogens with zero attached hydrogens (tertiary/aromatic N) is 1. The Labute approximate surface area is 94.4 Å². The molecule has 0 saturated carbocycles. The van der Waals surface area contributed by atoms with Crippen molar-refractivity contribution in [2.24, 2.45) is 11.8 Å². The minimum Gasteiger partial charge on any atom is -0.297 e. The van der Waals surface area contributed by atoms with E-state index < -0.39 is 0 Å². The average Bonchev–Trinajstić information content (AvgIpc) is 2.19. The molecule has 3 nitrogen and oxygen atoms in total. The molecular weight excluding hydrogens is 186 g/mol. The van der Waals surface area contributed by atoms with Gasteiger partial charge in [-0.05, 0) is 45.7 Å². The van der Waals surface area contributed by atoms with Gasteiger partial charge in [-0.25, -0.2) is 0 Å². The Balaban J connectivity index is 2.68. The van der Waals surface area contributed by atoms with Crippen LogP contribution in [-0.4, -0.2) is 29.6 Å². The third-order valence-electron chi connectivity index (χ3n) is 3.78. The molecule has 0 aromatic carbocycles. The number of hydrazine groups is 1. The summed E-state index contributed by atoms with van der Waals surface area (Å²) in [6.45, 7) is 11.5. The molecule has 0 aromatic rings. The molecule has 0 aliphatic carbocycles. The Morgan fingerprint density at radius 1 is 1.13 bits per heavy atom. The Morgan fingerprint density at radius 2 is 1.67 bits per heavy atom. The SMILES string of the molecule is CC(C)C(NN)C(C)(C)N1CCCCC1. The van der Waals surface area contributed by atoms with Gasteiger partial charge in [0.2, 0.25) is 0 Å². The van der Waals surface area contributed by atoms with Crippen molar-refractivity contribution >= 4 is 0 Å². The van der Waals surface area contributed by atoms with Crippen molar-refractivity contribution in [2.75, 3.05) is 13.1 Å². The zero-order valence-electron chi connectivity index (χ0n) is 10.7. The lowest BCUT2D eigenvalue weighted by molar-refractivity contribution is 0.0457. The predicted molar refractivity (Wildman–Crippen MR) is 65.5 cm³/mol. The second kappa shape index (κ2) is 5.28. The van der Waals surface area contributed by atoms with Crippen LogP contribution >= 0.6 is 0 Å². The van der Waals surface area contributed by atoms with Crippen molar-refractivity contribution in [3.63, 3.8) is 0 Å². The second-order valence-corrected chi connectivity index (χ2v) is 5.59. The molecule has 1 rings (SSSR count). The minimum absolute atomic E-state index is 0.156. The molecule has 1 saturated heterocycles. The van der Waals surface area contributed by atoms with Gasteiger partial charge in [0.1, 0.15) is 0 Å². The zero-order chi connectivity index (χ0) is 11.5. The molecule has 90 valence electrons. The lowest BCUT2D eigenvalue weighted by Crippen LogP contribution is -2.62. The first-order valence-electron chi connectivity index (χ1n) is 6.21. The molecule has 0 aromatic heterocycles. The van der Waals surface area contributed by atoms with Crippen molar-refractivity contribution in [3.8, 4) is 0 Å². The maximum atomic E-state index is 5.69. The van der Waals surface area contributed by atoms with Crippen LogP contribution in [0, 0.1) is 5.92 Å². The van der Waals surface area contributed by atoms with Gasteiger partial charge in [0.05, 0.1) is 0 Å². The van der Waals surface area contributed by atoms with Crippen molar-refractivity contribution in [1.29, 1.82) is 0 Å². The van der Waals surface area contributed by atoms with Crippen LogP contribution in [-0.2, 0) is 0 Å². The highest BCUT2D eigenvalue weighted by atomic mass is 15.3. The van der Waals surface area contributed by atoms with Crippen molar-refractivity contribution in [3.05, 3.63) is 0 Å². The lowest BCUT2D eigenvalue weighted by Gasteiger charge is -2.47. The van der Waals surface area contributed by atoms with Crippen LogP contribution in [0.2, 0.25) is 0 Å². The summed E-state index contributed by atoms with van der Waals surface area (Å²) in [5.74, 6) is 6.25. The molecule has 3 heteroatoms. The van der Waals surface area contributed by atoms with E-state index in [1.165, 1.54) is 32.4 Å². The van der Waals surface area contributed by atoms with Crippen molar-refractivity contribution < 1.29 is 0 Å². The monoisotopic (exact) mass is 213 g/mol. The number of nitrogens with one attached hydrogen (secondary N) is 1. The summed E-state index contributed by atoms with van der Waals surface area (Å²) in [4.78, 5) is 2.58. The molecule has 3 N–H and O–H groups in total. The summed E-state index contributed by atoms with van der Waals surface area (Å²) in [5.41, 5.74) is 3.15. The van der Waals surface area contributed by atoms with E-state index in [9.17, 15) is 0 Å². The fourth-order valence-electron chi connectivity index (χ4n) is 2.88. The number of nitrogens with two attached hydrogens (primary N) is 1. The number of hydrogen-bond acceptors (Lipinski definition) is 3. The molecule has 1 atom stereocenters. The summed E-state index contributed by atoms with van der Waals surface area (Å²) in [5, 5.41) is 0. The van der Waals surface area contributed by atoms with E-state index in [0.29, 0.717) is 12.0 Å². The highest BCUT2D eigenvalue weighted by Gasteiger charge is 2.36. The van der Waals surface area contributed by atoms with Crippen molar-refractivity contribution in [1.82, 2.24) is 10.3 Å². The smallest absolute Gasteiger partial charge is 0.0412 e. The Morgan fingerprint density at radius 3 is 2.07 bits per heavy atom. The first-order chi connectivity index (χ1) is 7.00. The normalized spacial score (nSPS) is 22.0. The summed E-state index contributed by atoms with van der Waals surface area (Å²) in [6, 6.07) is 0.357. The van der Waals surface area contributed by atoms with E-state index in [1.54, 1.807) is 0 Å². The van der Waals surface area contributed by atoms with Crippen LogP contribution in [0.4, 0.5) is 0 Å². The van der Waals surface area contributed by atoms with Gasteiger partial charge in [-0.15, -0.1) is 0 Å². The maximum absolute atomic E-state index is 5.69. The van der Waals surface area contributed by atoms with Gasteiger partial charge in [0, 0.05) is 11.6 Å². The van der Waals surface area contributed by atoms with Crippen LogP contribution < -0.4 is 11.3 Å². The van der Waals surface area contributed by atoms with Crippen LogP contribution in [0.25, 0.3) is 0 Å². The first kappa shape index (κ1) is 12.9. The molecule has 15 heavy (non-hydrogen) atoms. The van der Waals surface area contributed by atoms with Crippen LogP contribution in [0.1, 0.15) is 47.0 Å². The highest BCUT2D eigenvalue weighted by molar-refractivity contribution is 4.95. The maximum Gasteiger partial charge on any atom is 0.0412 e. The van der Waals surface area contributed by atoms with Crippen LogP contribution in [0.5, 0.6) is 0 Å². The predicted octanol–water partition coefficient (Wildman–Crippen LogP) is 1.74. The lowest BCUT2D eigenvalue weighted by atomic mass is 9.84. The van der Waals surface area contributed by atoms with E-state index in [1.807, 2.05) is 0 Å². The van der Waals surface area contributed by atoms with Crippen LogP contribution in [0.3, 0.4) is 0 Å². The van der Waals surface area contributed by atoms with Gasteiger partial charge in [-0.3, -0.25) is 16.2 Å². The number of rotatable bonds is 4. The molecule has 1 fully saturated rings. The number of likely N-dealkylation sites (tertiary alicyclic amines) is 1. The summed E-state index contributed by atoms with van der Waals surface area (Å²) in [6.07, 6.45) is 4.05. The van der Waals surface area contributed by atoms with Gasteiger partial charge < -0.3 is 0 Å². The number of hydrogen-bond donors (Lipinski definition) is 2. The molecule has 1 heterocycles. The Hall–Kier alpha value is -0.120. The Kier molecular flexibility index (Phi) is 4.56. The molecule has 0 radical (unpaired) electrons. The van der Waals surface area contributed by atoms with Gasteiger partial charge >= 0.3 is 0 Å². The van der Waals surface area contributed by atoms with E-state index in [4.69, 9.17) is 5.84 Å². The van der Waals surface area contributed by atoms with E-state index in [-0.39, 0.29) is 5.54 Å². The molecule has 1 aliphatic heterocycles. The third-order valence-corrected chi connectivity index (χ3v) is 3.78. The topological polar surface area (TPSA) is 41.3 Å². The number of piperidine rings is 1. The zero-order valence-corrected chi connectivity index (χ0v) is 10.7. The highest BCUT2D eigenvalue weighted by Crippen LogP contribution is 2.26. The molecule has 0 bridgehead atoms. The third kappa shape index (κ3) is 2.92. The minimum atomic E-state index is 0.156. The molecule has 1 aliphatic rings. The molecular formula is C12H27N3.